The third kappa shape index (κ3) is 3.64. The first-order chi connectivity index (χ1) is 6.71. The highest BCUT2D eigenvalue weighted by Crippen LogP contribution is 2.15. The van der Waals surface area contributed by atoms with Crippen molar-refractivity contribution in [3.05, 3.63) is 29.8 Å². The Morgan fingerprint density at radius 3 is 2.07 bits per heavy atom. The van der Waals surface area contributed by atoms with E-state index < -0.39 is 15.4 Å². The third-order valence-electron chi connectivity index (χ3n) is 1.94. The summed E-state index contributed by atoms with van der Waals surface area (Å²) in [4.78, 5) is 0.339. The molecule has 0 atom stereocenters. The van der Waals surface area contributed by atoms with Crippen LogP contribution in [0.1, 0.15) is 19.4 Å². The Hall–Kier alpha value is -0.870. The Bertz CT molecular complexity index is 427. The van der Waals surface area contributed by atoms with Crippen molar-refractivity contribution < 1.29 is 8.42 Å². The second kappa shape index (κ2) is 3.94. The van der Waals surface area contributed by atoms with E-state index >= 15 is 0 Å². The second-order valence-corrected chi connectivity index (χ2v) is 6.55. The highest BCUT2D eigenvalue weighted by Gasteiger charge is 2.23. The zero-order chi connectivity index (χ0) is 11.7. The number of hydrogen-bond acceptors (Lipinski definition) is 3. The quantitative estimate of drug-likeness (QED) is 0.851. The van der Waals surface area contributed by atoms with E-state index in [1.807, 2.05) is 6.92 Å². The Morgan fingerprint density at radius 1 is 1.20 bits per heavy atom. The summed E-state index contributed by atoms with van der Waals surface area (Å²) >= 11 is 0. The van der Waals surface area contributed by atoms with Crippen LogP contribution in [-0.4, -0.2) is 19.7 Å². The van der Waals surface area contributed by atoms with Crippen LogP contribution in [0.4, 0.5) is 0 Å². The molecule has 0 aromatic heterocycles. The van der Waals surface area contributed by atoms with E-state index in [0.717, 1.165) is 5.56 Å². The van der Waals surface area contributed by atoms with Crippen LogP contribution < -0.4 is 5.73 Å². The fourth-order valence-electron chi connectivity index (χ4n) is 1.32. The van der Waals surface area contributed by atoms with Gasteiger partial charge in [-0.2, -0.15) is 0 Å². The van der Waals surface area contributed by atoms with Crippen LogP contribution in [0.3, 0.4) is 0 Å². The molecule has 1 aromatic rings. The molecule has 0 saturated carbocycles. The SMILES string of the molecule is Cc1ccc(S(=O)(=O)CC(C)(C)N)cc1. The van der Waals surface area contributed by atoms with Crippen LogP contribution in [0.2, 0.25) is 0 Å². The molecular formula is C11H17NO2S. The monoisotopic (exact) mass is 227 g/mol. The van der Waals surface area contributed by atoms with Crippen LogP contribution in [0.15, 0.2) is 29.2 Å². The van der Waals surface area contributed by atoms with Gasteiger partial charge in [-0.15, -0.1) is 0 Å². The lowest BCUT2D eigenvalue weighted by Crippen LogP contribution is -2.39. The molecule has 4 heteroatoms. The summed E-state index contributed by atoms with van der Waals surface area (Å²) in [6.07, 6.45) is 0. The minimum atomic E-state index is -3.26. The van der Waals surface area contributed by atoms with Gasteiger partial charge in [-0.1, -0.05) is 17.7 Å². The van der Waals surface area contributed by atoms with Crippen molar-refractivity contribution in [3.8, 4) is 0 Å². The van der Waals surface area contributed by atoms with E-state index in [1.165, 1.54) is 0 Å². The van der Waals surface area contributed by atoms with Gasteiger partial charge in [0.25, 0.3) is 0 Å². The molecule has 0 radical (unpaired) electrons. The topological polar surface area (TPSA) is 60.2 Å². The zero-order valence-corrected chi connectivity index (χ0v) is 10.1. The van der Waals surface area contributed by atoms with Gasteiger partial charge in [0.05, 0.1) is 10.6 Å². The highest BCUT2D eigenvalue weighted by atomic mass is 32.2. The molecule has 0 unspecified atom stereocenters. The summed E-state index contributed by atoms with van der Waals surface area (Å²) in [6, 6.07) is 6.82. The van der Waals surface area contributed by atoms with Gasteiger partial charge in [-0.05, 0) is 32.9 Å². The Labute approximate surface area is 91.2 Å². The molecule has 0 aliphatic heterocycles. The van der Waals surface area contributed by atoms with Crippen LogP contribution >= 0.6 is 0 Å². The summed E-state index contributed by atoms with van der Waals surface area (Å²) < 4.78 is 23.8. The van der Waals surface area contributed by atoms with Gasteiger partial charge in [0.15, 0.2) is 9.84 Å². The third-order valence-corrected chi connectivity index (χ3v) is 4.06. The molecule has 2 N–H and O–H groups in total. The Morgan fingerprint density at radius 2 is 1.67 bits per heavy atom. The molecule has 1 rings (SSSR count). The van der Waals surface area contributed by atoms with Crippen molar-refractivity contribution in [1.29, 1.82) is 0 Å². The van der Waals surface area contributed by atoms with Gasteiger partial charge in [-0.3, -0.25) is 0 Å². The molecule has 0 spiro atoms. The lowest BCUT2D eigenvalue weighted by Gasteiger charge is -2.18. The molecule has 0 fully saturated rings. The fraction of sp³-hybridized carbons (Fsp3) is 0.455. The van der Waals surface area contributed by atoms with Crippen molar-refractivity contribution in [1.82, 2.24) is 0 Å². The Kier molecular flexibility index (Phi) is 3.21. The van der Waals surface area contributed by atoms with Gasteiger partial charge >= 0.3 is 0 Å². The van der Waals surface area contributed by atoms with Crippen LogP contribution in [-0.2, 0) is 9.84 Å². The van der Waals surface area contributed by atoms with E-state index in [1.54, 1.807) is 38.1 Å². The average Bonchev–Trinajstić information content (AvgIpc) is 2.00. The maximum Gasteiger partial charge on any atom is 0.180 e. The summed E-state index contributed by atoms with van der Waals surface area (Å²) in [5.41, 5.74) is 6.05. The lowest BCUT2D eigenvalue weighted by atomic mass is 10.1. The first-order valence-corrected chi connectivity index (χ1v) is 6.44. The average molecular weight is 227 g/mol. The molecular weight excluding hydrogens is 210 g/mol. The zero-order valence-electron chi connectivity index (χ0n) is 9.32. The molecule has 0 aliphatic carbocycles. The van der Waals surface area contributed by atoms with E-state index in [2.05, 4.69) is 0 Å². The van der Waals surface area contributed by atoms with Gasteiger partial charge in [-0.25, -0.2) is 8.42 Å². The first kappa shape index (κ1) is 12.2. The Balaban J connectivity index is 3.02. The maximum atomic E-state index is 11.9. The van der Waals surface area contributed by atoms with Crippen LogP contribution in [0, 0.1) is 6.92 Å². The van der Waals surface area contributed by atoms with E-state index in [9.17, 15) is 8.42 Å². The summed E-state index contributed by atoms with van der Waals surface area (Å²) in [7, 11) is -3.26. The minimum absolute atomic E-state index is 0.0386. The van der Waals surface area contributed by atoms with Crippen LogP contribution in [0.25, 0.3) is 0 Å². The summed E-state index contributed by atoms with van der Waals surface area (Å²) in [6.45, 7) is 5.33. The normalized spacial score (nSPS) is 12.8. The number of aryl methyl sites for hydroxylation is 1. The predicted molar refractivity (Wildman–Crippen MR) is 61.5 cm³/mol. The lowest BCUT2D eigenvalue weighted by molar-refractivity contribution is 0.544. The molecule has 0 amide bonds. The molecule has 0 heterocycles. The molecule has 84 valence electrons. The standard InChI is InChI=1S/C11H17NO2S/c1-9-4-6-10(7-5-9)15(13,14)8-11(2,3)12/h4-7H,8,12H2,1-3H3. The summed E-state index contributed by atoms with van der Waals surface area (Å²) in [5.74, 6) is -0.0386. The van der Waals surface area contributed by atoms with Crippen molar-refractivity contribution in [3.63, 3.8) is 0 Å². The summed E-state index contributed by atoms with van der Waals surface area (Å²) in [5, 5.41) is 0. The number of hydrogen-bond donors (Lipinski definition) is 1. The van der Waals surface area contributed by atoms with Gasteiger partial charge in [0, 0.05) is 5.54 Å². The fourth-order valence-corrected chi connectivity index (χ4v) is 3.02. The maximum absolute atomic E-state index is 11.9. The number of sulfone groups is 1. The first-order valence-electron chi connectivity index (χ1n) is 4.79. The number of nitrogens with two attached hydrogens (primary N) is 1. The van der Waals surface area contributed by atoms with Gasteiger partial charge in [0.1, 0.15) is 0 Å². The van der Waals surface area contributed by atoms with E-state index in [4.69, 9.17) is 5.73 Å². The van der Waals surface area contributed by atoms with E-state index in [0.29, 0.717) is 4.90 Å². The number of rotatable bonds is 3. The van der Waals surface area contributed by atoms with E-state index in [-0.39, 0.29) is 5.75 Å². The van der Waals surface area contributed by atoms with Crippen LogP contribution in [0.5, 0.6) is 0 Å². The van der Waals surface area contributed by atoms with Gasteiger partial charge < -0.3 is 5.73 Å². The second-order valence-electron chi connectivity index (χ2n) is 4.56. The minimum Gasteiger partial charge on any atom is -0.325 e. The van der Waals surface area contributed by atoms with Gasteiger partial charge in [0.2, 0.25) is 0 Å². The highest BCUT2D eigenvalue weighted by molar-refractivity contribution is 7.91. The molecule has 1 aromatic carbocycles. The smallest absolute Gasteiger partial charge is 0.180 e. The van der Waals surface area contributed by atoms with Crippen molar-refractivity contribution in [2.24, 2.45) is 5.73 Å². The predicted octanol–water partition coefficient (Wildman–Crippen LogP) is 1.51. The molecule has 15 heavy (non-hydrogen) atoms. The molecule has 3 nitrogen and oxygen atoms in total. The van der Waals surface area contributed by atoms with Crippen molar-refractivity contribution in [2.45, 2.75) is 31.2 Å². The van der Waals surface area contributed by atoms with Crippen molar-refractivity contribution in [2.75, 3.05) is 5.75 Å². The molecule has 0 bridgehead atoms. The number of benzene rings is 1. The van der Waals surface area contributed by atoms with Crippen molar-refractivity contribution >= 4 is 9.84 Å². The largest absolute Gasteiger partial charge is 0.325 e. The molecule has 0 saturated heterocycles. The molecule has 0 aliphatic rings.